The molecule has 2 rings (SSSR count). The van der Waals surface area contributed by atoms with Gasteiger partial charge in [-0.15, -0.1) is 11.3 Å². The molecule has 0 radical (unpaired) electrons. The van der Waals surface area contributed by atoms with Gasteiger partial charge in [-0.25, -0.2) is 4.98 Å². The largest absolute Gasteiger partial charge is 0.377 e. The van der Waals surface area contributed by atoms with Gasteiger partial charge in [-0.3, -0.25) is 0 Å². The summed E-state index contributed by atoms with van der Waals surface area (Å²) in [5.41, 5.74) is 1.12. The van der Waals surface area contributed by atoms with Gasteiger partial charge in [0.25, 0.3) is 0 Å². The average molecular weight is 240 g/mol. The maximum absolute atomic E-state index is 5.57. The van der Waals surface area contributed by atoms with E-state index in [0.29, 0.717) is 18.2 Å². The van der Waals surface area contributed by atoms with E-state index in [1.54, 1.807) is 11.3 Å². The standard InChI is InChI=1S/C12H20N2OS/c1-4-10(12-13-8(2)7-16-12)14-11-5-6-15-9(11)3/h7,9-11,14H,4-6H2,1-3H3. The Morgan fingerprint density at radius 3 is 3.00 bits per heavy atom. The number of ether oxygens (including phenoxy) is 1. The Morgan fingerprint density at radius 2 is 2.50 bits per heavy atom. The second-order valence-corrected chi connectivity index (χ2v) is 5.32. The van der Waals surface area contributed by atoms with Gasteiger partial charge in [0.15, 0.2) is 0 Å². The second kappa shape index (κ2) is 5.25. The second-order valence-electron chi connectivity index (χ2n) is 4.43. The van der Waals surface area contributed by atoms with Crippen molar-refractivity contribution in [1.82, 2.24) is 10.3 Å². The van der Waals surface area contributed by atoms with Crippen molar-refractivity contribution in [2.75, 3.05) is 6.61 Å². The third-order valence-electron chi connectivity index (χ3n) is 3.13. The van der Waals surface area contributed by atoms with E-state index in [1.165, 1.54) is 5.01 Å². The molecular weight excluding hydrogens is 220 g/mol. The van der Waals surface area contributed by atoms with E-state index in [1.807, 2.05) is 6.92 Å². The summed E-state index contributed by atoms with van der Waals surface area (Å²) < 4.78 is 5.57. The molecule has 16 heavy (non-hydrogen) atoms. The fraction of sp³-hybridized carbons (Fsp3) is 0.750. The van der Waals surface area contributed by atoms with Crippen molar-refractivity contribution in [3.8, 4) is 0 Å². The van der Waals surface area contributed by atoms with Crippen molar-refractivity contribution in [2.45, 2.75) is 51.8 Å². The Balaban J connectivity index is 2.00. The highest BCUT2D eigenvalue weighted by Gasteiger charge is 2.27. The molecule has 3 unspecified atom stereocenters. The molecule has 0 aromatic carbocycles. The molecule has 90 valence electrons. The van der Waals surface area contributed by atoms with Gasteiger partial charge >= 0.3 is 0 Å². The van der Waals surface area contributed by atoms with E-state index in [-0.39, 0.29) is 0 Å². The number of thiazole rings is 1. The maximum atomic E-state index is 5.57. The monoisotopic (exact) mass is 240 g/mol. The van der Waals surface area contributed by atoms with E-state index in [4.69, 9.17) is 4.74 Å². The number of hydrogen-bond acceptors (Lipinski definition) is 4. The number of nitrogens with zero attached hydrogens (tertiary/aromatic N) is 1. The SMILES string of the molecule is CCC(NC1CCOC1C)c1nc(C)cs1. The first-order chi connectivity index (χ1) is 7.70. The van der Waals surface area contributed by atoms with Gasteiger partial charge in [0.05, 0.1) is 12.1 Å². The summed E-state index contributed by atoms with van der Waals surface area (Å²) in [7, 11) is 0. The van der Waals surface area contributed by atoms with Crippen LogP contribution in [0.15, 0.2) is 5.38 Å². The van der Waals surface area contributed by atoms with Crippen LogP contribution in [0.4, 0.5) is 0 Å². The Labute approximate surface area is 101 Å². The van der Waals surface area contributed by atoms with Gasteiger partial charge in [0.2, 0.25) is 0 Å². The van der Waals surface area contributed by atoms with Gasteiger partial charge in [-0.05, 0) is 26.7 Å². The Bertz CT molecular complexity index is 340. The molecule has 3 atom stereocenters. The summed E-state index contributed by atoms with van der Waals surface area (Å²) in [4.78, 5) is 4.56. The summed E-state index contributed by atoms with van der Waals surface area (Å²) in [5.74, 6) is 0. The van der Waals surface area contributed by atoms with Crippen molar-refractivity contribution in [3.63, 3.8) is 0 Å². The van der Waals surface area contributed by atoms with Crippen LogP contribution < -0.4 is 5.32 Å². The van der Waals surface area contributed by atoms with E-state index in [2.05, 4.69) is 29.5 Å². The van der Waals surface area contributed by atoms with Crippen molar-refractivity contribution in [3.05, 3.63) is 16.1 Å². The van der Waals surface area contributed by atoms with Gasteiger partial charge in [-0.1, -0.05) is 6.92 Å². The molecule has 0 bridgehead atoms. The molecule has 0 spiro atoms. The van der Waals surface area contributed by atoms with Gasteiger partial charge < -0.3 is 10.1 Å². The number of aromatic nitrogens is 1. The van der Waals surface area contributed by atoms with E-state index < -0.39 is 0 Å². The third kappa shape index (κ3) is 2.62. The molecule has 1 N–H and O–H groups in total. The molecule has 1 aliphatic rings. The van der Waals surface area contributed by atoms with Crippen LogP contribution >= 0.6 is 11.3 Å². The molecule has 0 saturated carbocycles. The normalized spacial score (nSPS) is 27.2. The predicted molar refractivity (Wildman–Crippen MR) is 66.8 cm³/mol. The number of aryl methyl sites for hydroxylation is 1. The average Bonchev–Trinajstić information content (AvgIpc) is 2.85. The zero-order valence-corrected chi connectivity index (χ0v) is 11.0. The Hall–Kier alpha value is -0.450. The zero-order valence-electron chi connectivity index (χ0n) is 10.2. The minimum atomic E-state index is 0.329. The van der Waals surface area contributed by atoms with Crippen molar-refractivity contribution in [2.24, 2.45) is 0 Å². The topological polar surface area (TPSA) is 34.1 Å². The first-order valence-corrected chi connectivity index (χ1v) is 6.88. The van der Waals surface area contributed by atoms with Crippen LogP contribution in [-0.2, 0) is 4.74 Å². The van der Waals surface area contributed by atoms with E-state index in [0.717, 1.165) is 25.1 Å². The predicted octanol–water partition coefficient (Wildman–Crippen LogP) is 2.67. The molecule has 1 aromatic heterocycles. The number of rotatable bonds is 4. The van der Waals surface area contributed by atoms with E-state index in [9.17, 15) is 0 Å². The molecular formula is C12H20N2OS. The summed E-state index contributed by atoms with van der Waals surface area (Å²) in [6, 6.07) is 0.863. The summed E-state index contributed by atoms with van der Waals surface area (Å²) >= 11 is 1.75. The quantitative estimate of drug-likeness (QED) is 0.878. The van der Waals surface area contributed by atoms with Crippen LogP contribution in [0.5, 0.6) is 0 Å². The van der Waals surface area contributed by atoms with Crippen LogP contribution in [0.2, 0.25) is 0 Å². The van der Waals surface area contributed by atoms with Crippen LogP contribution in [0, 0.1) is 6.92 Å². The lowest BCUT2D eigenvalue weighted by Crippen LogP contribution is -2.37. The molecule has 1 aromatic rings. The molecule has 4 heteroatoms. The van der Waals surface area contributed by atoms with Crippen LogP contribution in [-0.4, -0.2) is 23.7 Å². The molecule has 0 aliphatic carbocycles. The highest BCUT2D eigenvalue weighted by Crippen LogP contribution is 2.24. The molecule has 1 aliphatic heterocycles. The van der Waals surface area contributed by atoms with E-state index >= 15 is 0 Å². The fourth-order valence-corrected chi connectivity index (χ4v) is 3.04. The van der Waals surface area contributed by atoms with Crippen molar-refractivity contribution in [1.29, 1.82) is 0 Å². The lowest BCUT2D eigenvalue weighted by Gasteiger charge is -2.22. The maximum Gasteiger partial charge on any atom is 0.110 e. The molecule has 2 heterocycles. The zero-order chi connectivity index (χ0) is 11.5. The van der Waals surface area contributed by atoms with Gasteiger partial charge in [-0.2, -0.15) is 0 Å². The molecule has 3 nitrogen and oxygen atoms in total. The van der Waals surface area contributed by atoms with Crippen LogP contribution in [0.25, 0.3) is 0 Å². The first-order valence-electron chi connectivity index (χ1n) is 6.00. The van der Waals surface area contributed by atoms with Crippen molar-refractivity contribution < 1.29 is 4.74 Å². The third-order valence-corrected chi connectivity index (χ3v) is 4.21. The minimum absolute atomic E-state index is 0.329. The minimum Gasteiger partial charge on any atom is -0.377 e. The Morgan fingerprint density at radius 1 is 1.69 bits per heavy atom. The molecule has 1 fully saturated rings. The van der Waals surface area contributed by atoms with Crippen LogP contribution in [0.3, 0.4) is 0 Å². The fourth-order valence-electron chi connectivity index (χ4n) is 2.10. The number of hydrogen-bond donors (Lipinski definition) is 1. The molecule has 1 saturated heterocycles. The van der Waals surface area contributed by atoms with Crippen LogP contribution in [0.1, 0.15) is 43.4 Å². The summed E-state index contributed by atoms with van der Waals surface area (Å²) in [5, 5.41) is 6.99. The highest BCUT2D eigenvalue weighted by atomic mass is 32.1. The highest BCUT2D eigenvalue weighted by molar-refractivity contribution is 7.09. The Kier molecular flexibility index (Phi) is 3.95. The first kappa shape index (κ1) is 12.0. The smallest absolute Gasteiger partial charge is 0.110 e. The van der Waals surface area contributed by atoms with Crippen molar-refractivity contribution >= 4 is 11.3 Å². The summed E-state index contributed by atoms with van der Waals surface area (Å²) in [6.45, 7) is 7.28. The van der Waals surface area contributed by atoms with Gasteiger partial charge in [0, 0.05) is 23.7 Å². The van der Waals surface area contributed by atoms with Gasteiger partial charge in [0.1, 0.15) is 5.01 Å². The lowest BCUT2D eigenvalue weighted by atomic mass is 10.1. The lowest BCUT2D eigenvalue weighted by molar-refractivity contribution is 0.110. The summed E-state index contributed by atoms with van der Waals surface area (Å²) in [6.07, 6.45) is 2.52. The number of nitrogens with one attached hydrogen (secondary N) is 1. The molecule has 0 amide bonds.